The van der Waals surface area contributed by atoms with E-state index in [1.807, 2.05) is 12.1 Å². The van der Waals surface area contributed by atoms with E-state index in [0.717, 1.165) is 18.6 Å². The van der Waals surface area contributed by atoms with Gasteiger partial charge in [-0.3, -0.25) is 0 Å². The third-order valence-corrected chi connectivity index (χ3v) is 3.72. The molecule has 0 aliphatic heterocycles. The Hall–Kier alpha value is -1.76. The number of benzene rings is 2. The minimum Gasteiger partial charge on any atom is -0.497 e. The van der Waals surface area contributed by atoms with E-state index in [-0.39, 0.29) is 0 Å². The van der Waals surface area contributed by atoms with Gasteiger partial charge < -0.3 is 4.74 Å². The largest absolute Gasteiger partial charge is 0.497 e. The van der Waals surface area contributed by atoms with Crippen LogP contribution in [0.3, 0.4) is 0 Å². The molecule has 0 aliphatic rings. The van der Waals surface area contributed by atoms with Crippen LogP contribution in [0.1, 0.15) is 42.9 Å². The molecule has 0 N–H and O–H groups in total. The Labute approximate surface area is 116 Å². The molecule has 0 amide bonds. The Morgan fingerprint density at radius 2 is 1.37 bits per heavy atom. The van der Waals surface area contributed by atoms with Gasteiger partial charge in [-0.15, -0.1) is 0 Å². The molecule has 0 radical (unpaired) electrons. The van der Waals surface area contributed by atoms with Crippen LogP contribution in [-0.2, 0) is 6.42 Å². The number of hydrogen-bond acceptors (Lipinski definition) is 1. The van der Waals surface area contributed by atoms with Crippen LogP contribution in [0.5, 0.6) is 5.75 Å². The smallest absolute Gasteiger partial charge is 0.118 e. The zero-order valence-corrected chi connectivity index (χ0v) is 12.0. The van der Waals surface area contributed by atoms with Gasteiger partial charge in [0.05, 0.1) is 7.11 Å². The summed E-state index contributed by atoms with van der Waals surface area (Å²) >= 11 is 0. The van der Waals surface area contributed by atoms with Crippen molar-refractivity contribution in [3.8, 4) is 5.75 Å². The molecule has 0 heterocycles. The van der Waals surface area contributed by atoms with E-state index in [1.54, 1.807) is 7.11 Å². The fraction of sp³-hybridized carbons (Fsp3) is 0.333. The maximum absolute atomic E-state index is 5.22. The fourth-order valence-electron chi connectivity index (χ4n) is 2.49. The Bertz CT molecular complexity index is 449. The molecule has 2 aromatic rings. The van der Waals surface area contributed by atoms with Crippen molar-refractivity contribution < 1.29 is 4.74 Å². The minimum absolute atomic E-state index is 0.469. The zero-order chi connectivity index (χ0) is 13.7. The third kappa shape index (κ3) is 3.17. The number of ether oxygens (including phenoxy) is 1. The van der Waals surface area contributed by atoms with Crippen molar-refractivity contribution in [1.29, 1.82) is 0 Å². The van der Waals surface area contributed by atoms with E-state index in [4.69, 9.17) is 4.74 Å². The van der Waals surface area contributed by atoms with Gasteiger partial charge in [-0.25, -0.2) is 0 Å². The molecule has 0 bridgehead atoms. The van der Waals surface area contributed by atoms with Gasteiger partial charge in [0.25, 0.3) is 0 Å². The molecule has 19 heavy (non-hydrogen) atoms. The molecule has 0 saturated heterocycles. The highest BCUT2D eigenvalue weighted by Gasteiger charge is 2.11. The van der Waals surface area contributed by atoms with Gasteiger partial charge in [0.15, 0.2) is 0 Å². The molecular formula is C18H22O. The summed E-state index contributed by atoms with van der Waals surface area (Å²) in [5.74, 6) is 1.39. The SMILES string of the molecule is CCc1ccc(C(CC)c2ccc(OC)cc2)cc1. The lowest BCUT2D eigenvalue weighted by Gasteiger charge is -2.16. The van der Waals surface area contributed by atoms with E-state index in [0.29, 0.717) is 5.92 Å². The van der Waals surface area contributed by atoms with E-state index in [1.165, 1.54) is 16.7 Å². The van der Waals surface area contributed by atoms with Gasteiger partial charge in [-0.2, -0.15) is 0 Å². The molecule has 1 nitrogen and oxygen atoms in total. The van der Waals surface area contributed by atoms with Gasteiger partial charge in [-0.05, 0) is 41.7 Å². The summed E-state index contributed by atoms with van der Waals surface area (Å²) in [5.41, 5.74) is 4.14. The molecular weight excluding hydrogens is 232 g/mol. The first kappa shape index (κ1) is 13.7. The van der Waals surface area contributed by atoms with Crippen molar-refractivity contribution in [3.63, 3.8) is 0 Å². The van der Waals surface area contributed by atoms with Crippen molar-refractivity contribution in [3.05, 3.63) is 65.2 Å². The van der Waals surface area contributed by atoms with E-state index in [2.05, 4.69) is 50.2 Å². The summed E-state index contributed by atoms with van der Waals surface area (Å²) in [6.45, 7) is 4.43. The van der Waals surface area contributed by atoms with Gasteiger partial charge in [0.2, 0.25) is 0 Å². The summed E-state index contributed by atoms with van der Waals surface area (Å²) in [6.07, 6.45) is 2.21. The number of aryl methyl sites for hydroxylation is 1. The minimum atomic E-state index is 0.469. The second kappa shape index (κ2) is 6.42. The van der Waals surface area contributed by atoms with Gasteiger partial charge in [-0.1, -0.05) is 50.2 Å². The normalized spacial score (nSPS) is 12.2. The number of methoxy groups -OCH3 is 1. The lowest BCUT2D eigenvalue weighted by molar-refractivity contribution is 0.414. The highest BCUT2D eigenvalue weighted by atomic mass is 16.5. The summed E-state index contributed by atoms with van der Waals surface area (Å²) in [7, 11) is 1.70. The van der Waals surface area contributed by atoms with Crippen molar-refractivity contribution >= 4 is 0 Å². The number of rotatable bonds is 5. The highest BCUT2D eigenvalue weighted by molar-refractivity contribution is 5.36. The first-order chi connectivity index (χ1) is 9.28. The number of hydrogen-bond donors (Lipinski definition) is 0. The Morgan fingerprint density at radius 3 is 1.79 bits per heavy atom. The van der Waals surface area contributed by atoms with Crippen molar-refractivity contribution in [1.82, 2.24) is 0 Å². The van der Waals surface area contributed by atoms with Crippen LogP contribution in [0.25, 0.3) is 0 Å². The maximum Gasteiger partial charge on any atom is 0.118 e. The summed E-state index contributed by atoms with van der Waals surface area (Å²) in [6, 6.07) is 17.4. The van der Waals surface area contributed by atoms with Crippen molar-refractivity contribution in [2.75, 3.05) is 7.11 Å². The third-order valence-electron chi connectivity index (χ3n) is 3.72. The van der Waals surface area contributed by atoms with Crippen LogP contribution in [0, 0.1) is 0 Å². The molecule has 0 saturated carbocycles. The summed E-state index contributed by atoms with van der Waals surface area (Å²) in [4.78, 5) is 0. The van der Waals surface area contributed by atoms with E-state index >= 15 is 0 Å². The van der Waals surface area contributed by atoms with Gasteiger partial charge in [0.1, 0.15) is 5.75 Å². The molecule has 0 fully saturated rings. The molecule has 100 valence electrons. The predicted octanol–water partition coefficient (Wildman–Crippen LogP) is 4.80. The van der Waals surface area contributed by atoms with Crippen LogP contribution < -0.4 is 4.74 Å². The zero-order valence-electron chi connectivity index (χ0n) is 12.0. The molecule has 2 aromatic carbocycles. The van der Waals surface area contributed by atoms with E-state index < -0.39 is 0 Å². The Morgan fingerprint density at radius 1 is 0.842 bits per heavy atom. The standard InChI is InChI=1S/C18H22O/c1-4-14-6-8-15(9-7-14)18(5-2)16-10-12-17(19-3)13-11-16/h6-13,18H,4-5H2,1-3H3. The Kier molecular flexibility index (Phi) is 4.62. The summed E-state index contributed by atoms with van der Waals surface area (Å²) in [5, 5.41) is 0. The maximum atomic E-state index is 5.22. The quantitative estimate of drug-likeness (QED) is 0.744. The highest BCUT2D eigenvalue weighted by Crippen LogP contribution is 2.29. The van der Waals surface area contributed by atoms with Gasteiger partial charge >= 0.3 is 0 Å². The Balaban J connectivity index is 2.26. The fourth-order valence-corrected chi connectivity index (χ4v) is 2.49. The summed E-state index contributed by atoms with van der Waals surface area (Å²) < 4.78 is 5.22. The van der Waals surface area contributed by atoms with Crippen LogP contribution in [0.4, 0.5) is 0 Å². The lowest BCUT2D eigenvalue weighted by Crippen LogP contribution is -2.00. The van der Waals surface area contributed by atoms with Crippen molar-refractivity contribution in [2.24, 2.45) is 0 Å². The van der Waals surface area contributed by atoms with Crippen LogP contribution in [-0.4, -0.2) is 7.11 Å². The predicted molar refractivity (Wildman–Crippen MR) is 80.9 cm³/mol. The second-order valence-electron chi connectivity index (χ2n) is 4.83. The first-order valence-corrected chi connectivity index (χ1v) is 7.01. The molecule has 1 atom stereocenters. The monoisotopic (exact) mass is 254 g/mol. The molecule has 0 spiro atoms. The topological polar surface area (TPSA) is 9.23 Å². The molecule has 0 aromatic heterocycles. The lowest BCUT2D eigenvalue weighted by atomic mass is 9.88. The average Bonchev–Trinajstić information content (AvgIpc) is 2.49. The second-order valence-corrected chi connectivity index (χ2v) is 4.83. The van der Waals surface area contributed by atoms with Crippen LogP contribution >= 0.6 is 0 Å². The van der Waals surface area contributed by atoms with E-state index in [9.17, 15) is 0 Å². The first-order valence-electron chi connectivity index (χ1n) is 7.01. The van der Waals surface area contributed by atoms with Gasteiger partial charge in [0, 0.05) is 5.92 Å². The molecule has 1 unspecified atom stereocenters. The molecule has 1 heteroatoms. The average molecular weight is 254 g/mol. The van der Waals surface area contributed by atoms with Crippen LogP contribution in [0.2, 0.25) is 0 Å². The molecule has 0 aliphatic carbocycles. The van der Waals surface area contributed by atoms with Crippen molar-refractivity contribution in [2.45, 2.75) is 32.6 Å². The van der Waals surface area contributed by atoms with Crippen LogP contribution in [0.15, 0.2) is 48.5 Å². The molecule has 2 rings (SSSR count).